The second-order valence-corrected chi connectivity index (χ2v) is 8.57. The number of esters is 1. The number of thiophene rings is 1. The Bertz CT molecular complexity index is 1110. The van der Waals surface area contributed by atoms with Gasteiger partial charge in [0.05, 0.1) is 11.3 Å². The number of anilines is 1. The molecule has 9 heteroatoms. The summed E-state index contributed by atoms with van der Waals surface area (Å²) in [6.45, 7) is 3.63. The number of ether oxygens (including phenoxy) is 1. The van der Waals surface area contributed by atoms with E-state index in [1.165, 1.54) is 33.1 Å². The van der Waals surface area contributed by atoms with E-state index in [0.717, 1.165) is 23.3 Å². The maximum absolute atomic E-state index is 12.7. The molecule has 0 spiro atoms. The average Bonchev–Trinajstić information content (AvgIpc) is 3.31. The van der Waals surface area contributed by atoms with E-state index in [1.807, 2.05) is 13.8 Å². The first-order valence-corrected chi connectivity index (χ1v) is 10.2. The minimum Gasteiger partial charge on any atom is -0.455 e. The molecule has 0 radical (unpaired) electrons. The van der Waals surface area contributed by atoms with E-state index in [2.05, 4.69) is 10.3 Å². The molecular weight excluding hydrogens is 386 g/mol. The van der Waals surface area contributed by atoms with Gasteiger partial charge in [-0.25, -0.2) is 9.78 Å². The lowest BCUT2D eigenvalue weighted by Gasteiger charge is -2.08. The molecule has 1 saturated carbocycles. The van der Waals surface area contributed by atoms with Gasteiger partial charge in [-0.05, 0) is 32.3 Å². The lowest BCUT2D eigenvalue weighted by Crippen LogP contribution is -2.17. The van der Waals surface area contributed by atoms with E-state index in [9.17, 15) is 14.4 Å². The molecule has 4 rings (SSSR count). The molecule has 0 aliphatic heterocycles. The summed E-state index contributed by atoms with van der Waals surface area (Å²) in [5.41, 5.74) is 1.34. The molecule has 1 fully saturated rings. The van der Waals surface area contributed by atoms with Crippen LogP contribution in [-0.4, -0.2) is 21.3 Å². The summed E-state index contributed by atoms with van der Waals surface area (Å²) in [4.78, 5) is 42.6. The third kappa shape index (κ3) is 3.52. The largest absolute Gasteiger partial charge is 0.455 e. The van der Waals surface area contributed by atoms with Crippen molar-refractivity contribution in [1.29, 1.82) is 0 Å². The Morgan fingerprint density at radius 2 is 2.15 bits per heavy atom. The molecule has 0 unspecified atom stereocenters. The normalized spacial score (nSPS) is 13.7. The molecule has 1 aliphatic rings. The molecular formula is C18H17N3O4S2. The number of carbonyl (C=O) groups excluding carboxylic acids is 2. The van der Waals surface area contributed by atoms with Crippen LogP contribution in [0.3, 0.4) is 0 Å². The molecule has 1 N–H and O–H groups in total. The number of hydrogen-bond acceptors (Lipinski definition) is 7. The summed E-state index contributed by atoms with van der Waals surface area (Å²) in [5, 5.41) is 5.15. The highest BCUT2D eigenvalue weighted by Gasteiger charge is 2.31. The second kappa shape index (κ2) is 6.90. The fourth-order valence-corrected chi connectivity index (χ4v) is 4.48. The van der Waals surface area contributed by atoms with Crippen LogP contribution in [0.2, 0.25) is 0 Å². The monoisotopic (exact) mass is 403 g/mol. The molecule has 0 atom stereocenters. The van der Waals surface area contributed by atoms with Crippen LogP contribution in [0.4, 0.5) is 5.00 Å². The van der Waals surface area contributed by atoms with Crippen molar-refractivity contribution in [2.45, 2.75) is 33.3 Å². The highest BCUT2D eigenvalue weighted by Crippen LogP contribution is 2.36. The lowest BCUT2D eigenvalue weighted by atomic mass is 10.1. The number of aryl methyl sites for hydroxylation is 1. The van der Waals surface area contributed by atoms with Gasteiger partial charge in [-0.2, -0.15) is 0 Å². The van der Waals surface area contributed by atoms with Crippen LogP contribution in [0.25, 0.3) is 4.96 Å². The summed E-state index contributed by atoms with van der Waals surface area (Å²) in [6, 6.07) is 1.36. The molecule has 1 amide bonds. The number of carbonyl (C=O) groups is 2. The molecule has 3 heterocycles. The van der Waals surface area contributed by atoms with Crippen LogP contribution in [0.5, 0.6) is 0 Å². The van der Waals surface area contributed by atoms with Crippen LogP contribution < -0.4 is 10.9 Å². The van der Waals surface area contributed by atoms with Crippen LogP contribution in [-0.2, 0) is 16.1 Å². The van der Waals surface area contributed by atoms with Gasteiger partial charge in [-0.3, -0.25) is 14.0 Å². The number of amides is 1. The van der Waals surface area contributed by atoms with Gasteiger partial charge in [0.25, 0.3) is 5.56 Å². The Balaban J connectivity index is 1.53. The highest BCUT2D eigenvalue weighted by atomic mass is 32.1. The number of nitrogens with zero attached hydrogens (tertiary/aromatic N) is 2. The summed E-state index contributed by atoms with van der Waals surface area (Å²) in [7, 11) is 0. The Hall–Kier alpha value is -2.52. The Morgan fingerprint density at radius 1 is 1.37 bits per heavy atom. The molecule has 0 saturated heterocycles. The summed E-state index contributed by atoms with van der Waals surface area (Å²) in [6.07, 6.45) is 3.43. The van der Waals surface area contributed by atoms with Crippen molar-refractivity contribution < 1.29 is 14.3 Å². The van der Waals surface area contributed by atoms with Crippen molar-refractivity contribution >= 4 is 44.5 Å². The van der Waals surface area contributed by atoms with Crippen molar-refractivity contribution in [2.24, 2.45) is 5.92 Å². The maximum atomic E-state index is 12.7. The minimum atomic E-state index is -0.531. The third-order valence-electron chi connectivity index (χ3n) is 4.48. The third-order valence-corrected chi connectivity index (χ3v) is 6.36. The number of thiazole rings is 1. The predicted molar refractivity (Wildman–Crippen MR) is 104 cm³/mol. The Morgan fingerprint density at radius 3 is 2.89 bits per heavy atom. The molecule has 7 nitrogen and oxygen atoms in total. The van der Waals surface area contributed by atoms with E-state index < -0.39 is 5.97 Å². The zero-order valence-corrected chi connectivity index (χ0v) is 16.4. The SMILES string of the molecule is Cc1sc(NC(=O)C2CC2)c(C(=O)OCc2cc(=O)n3ccsc3n2)c1C. The summed E-state index contributed by atoms with van der Waals surface area (Å²) < 4.78 is 6.84. The van der Waals surface area contributed by atoms with Gasteiger partial charge in [-0.15, -0.1) is 22.7 Å². The highest BCUT2D eigenvalue weighted by molar-refractivity contribution is 7.16. The lowest BCUT2D eigenvalue weighted by molar-refractivity contribution is -0.117. The van der Waals surface area contributed by atoms with Crippen molar-refractivity contribution in [3.63, 3.8) is 0 Å². The molecule has 27 heavy (non-hydrogen) atoms. The van der Waals surface area contributed by atoms with Gasteiger partial charge < -0.3 is 10.1 Å². The van der Waals surface area contributed by atoms with E-state index >= 15 is 0 Å². The molecule has 0 bridgehead atoms. The fourth-order valence-electron chi connectivity index (χ4n) is 2.69. The molecule has 140 valence electrons. The van der Waals surface area contributed by atoms with Crippen LogP contribution in [0, 0.1) is 19.8 Å². The van der Waals surface area contributed by atoms with Crippen LogP contribution >= 0.6 is 22.7 Å². The number of aromatic nitrogens is 2. The van der Waals surface area contributed by atoms with E-state index in [4.69, 9.17) is 4.74 Å². The van der Waals surface area contributed by atoms with Gasteiger partial charge in [0.1, 0.15) is 11.6 Å². The minimum absolute atomic E-state index is 0.0475. The molecule has 3 aromatic rings. The Labute approximate surface area is 162 Å². The van der Waals surface area contributed by atoms with E-state index in [-0.39, 0.29) is 24.0 Å². The Kier molecular flexibility index (Phi) is 4.56. The van der Waals surface area contributed by atoms with E-state index in [0.29, 0.717) is 21.2 Å². The van der Waals surface area contributed by atoms with Gasteiger partial charge >= 0.3 is 5.97 Å². The van der Waals surface area contributed by atoms with E-state index in [1.54, 1.807) is 11.6 Å². The van der Waals surface area contributed by atoms with Crippen LogP contribution in [0.15, 0.2) is 22.4 Å². The van der Waals surface area contributed by atoms with Gasteiger partial charge in [0.2, 0.25) is 5.91 Å². The van der Waals surface area contributed by atoms with Gasteiger partial charge in [-0.1, -0.05) is 0 Å². The number of nitrogens with one attached hydrogen (secondary N) is 1. The first kappa shape index (κ1) is 17.9. The summed E-state index contributed by atoms with van der Waals surface area (Å²) in [5.74, 6) is -0.537. The molecule has 1 aliphatic carbocycles. The number of hydrogen-bond donors (Lipinski definition) is 1. The molecule has 0 aromatic carbocycles. The van der Waals surface area contributed by atoms with Crippen molar-refractivity contribution in [3.05, 3.63) is 49.7 Å². The quantitative estimate of drug-likeness (QED) is 0.661. The van der Waals surface area contributed by atoms with Crippen molar-refractivity contribution in [2.75, 3.05) is 5.32 Å². The average molecular weight is 403 g/mol. The van der Waals surface area contributed by atoms with Crippen molar-refractivity contribution in [1.82, 2.24) is 9.38 Å². The second-order valence-electron chi connectivity index (χ2n) is 6.47. The standard InChI is InChI=1S/C18H17N3O4S2/c1-9-10(2)27-16(20-15(23)11-3-4-11)14(9)17(24)25-8-12-7-13(22)21-5-6-26-18(21)19-12/h5-7,11H,3-4,8H2,1-2H3,(H,20,23). The topological polar surface area (TPSA) is 89.8 Å². The first-order chi connectivity index (χ1) is 12.9. The van der Waals surface area contributed by atoms with Gasteiger partial charge in [0, 0.05) is 28.4 Å². The maximum Gasteiger partial charge on any atom is 0.341 e. The fraction of sp³-hybridized carbons (Fsp3) is 0.333. The first-order valence-electron chi connectivity index (χ1n) is 8.48. The molecule has 3 aromatic heterocycles. The number of fused-ring (bicyclic) bond motifs is 1. The predicted octanol–water partition coefficient (Wildman–Crippen LogP) is 3.14. The van der Waals surface area contributed by atoms with Gasteiger partial charge in [0.15, 0.2) is 4.96 Å². The van der Waals surface area contributed by atoms with Crippen molar-refractivity contribution in [3.8, 4) is 0 Å². The smallest absolute Gasteiger partial charge is 0.341 e. The zero-order chi connectivity index (χ0) is 19.1. The number of rotatable bonds is 5. The van der Waals surface area contributed by atoms with Crippen LogP contribution in [0.1, 0.15) is 39.3 Å². The summed E-state index contributed by atoms with van der Waals surface area (Å²) >= 11 is 2.71. The zero-order valence-electron chi connectivity index (χ0n) is 14.8.